The van der Waals surface area contributed by atoms with E-state index in [1.54, 1.807) is 75.4 Å². The number of methoxy groups -OCH3 is 2. The lowest BCUT2D eigenvalue weighted by atomic mass is 10.1. The molecule has 68 heavy (non-hydrogen) atoms. The van der Waals surface area contributed by atoms with E-state index < -0.39 is 11.9 Å². The average molecular weight is 967 g/mol. The number of hydrogen-bond acceptors (Lipinski definition) is 16. The second kappa shape index (κ2) is 25.5. The summed E-state index contributed by atoms with van der Waals surface area (Å²) >= 11 is 3.16. The zero-order valence-corrected chi connectivity index (χ0v) is 40.4. The van der Waals surface area contributed by atoms with Crippen LogP contribution in [0.4, 0.5) is 11.6 Å². The highest BCUT2D eigenvalue weighted by Gasteiger charge is 2.22. The van der Waals surface area contributed by atoms with Crippen LogP contribution in [-0.2, 0) is 9.59 Å². The van der Waals surface area contributed by atoms with E-state index in [0.717, 1.165) is 89.9 Å². The number of aliphatic carboxylic acids is 2. The van der Waals surface area contributed by atoms with Gasteiger partial charge in [0, 0.05) is 99.5 Å². The number of anilines is 2. The van der Waals surface area contributed by atoms with Gasteiger partial charge in [-0.1, -0.05) is 24.3 Å². The fourth-order valence-corrected chi connectivity index (χ4v) is 9.25. The molecule has 8 rings (SSSR count). The van der Waals surface area contributed by atoms with Gasteiger partial charge in [-0.25, -0.2) is 9.59 Å². The highest BCUT2D eigenvalue weighted by molar-refractivity contribution is 7.14. The zero-order chi connectivity index (χ0) is 48.4. The molecule has 18 heteroatoms. The molecule has 2 N–H and O–H groups in total. The fourth-order valence-electron chi connectivity index (χ4n) is 7.66. The minimum Gasteiger partial charge on any atom is -0.493 e. The van der Waals surface area contributed by atoms with Gasteiger partial charge < -0.3 is 39.0 Å². The zero-order valence-electron chi connectivity index (χ0n) is 38.8. The van der Waals surface area contributed by atoms with Crippen LogP contribution < -0.4 is 28.7 Å². The molecule has 4 aromatic carbocycles. The molecule has 2 aliphatic rings. The van der Waals surface area contributed by atoms with Crippen molar-refractivity contribution in [2.45, 2.75) is 26.7 Å². The summed E-state index contributed by atoms with van der Waals surface area (Å²) in [6.07, 6.45) is 3.00. The van der Waals surface area contributed by atoms with Crippen LogP contribution >= 0.6 is 23.1 Å². The number of fused-ring (bicyclic) bond motifs is 2. The molecule has 2 fully saturated rings. The van der Waals surface area contributed by atoms with Gasteiger partial charge in [0.05, 0.1) is 36.8 Å². The Labute approximate surface area is 404 Å². The molecule has 2 saturated heterocycles. The molecule has 0 spiro atoms. The van der Waals surface area contributed by atoms with Crippen molar-refractivity contribution in [2.24, 2.45) is 0 Å². The maximum Gasteiger partial charge on any atom is 0.328 e. The number of ketones is 2. The van der Waals surface area contributed by atoms with E-state index in [9.17, 15) is 19.2 Å². The summed E-state index contributed by atoms with van der Waals surface area (Å²) in [5.41, 5.74) is 1.26. The molecule has 0 amide bonds. The first-order valence-corrected chi connectivity index (χ1v) is 23.9. The molecule has 6 aromatic rings. The molecule has 0 saturated carbocycles. The molecular weight excluding hydrogens is 909 g/mol. The molecule has 0 unspecified atom stereocenters. The first kappa shape index (κ1) is 50.8. The Morgan fingerprint density at radius 1 is 0.559 bits per heavy atom. The monoisotopic (exact) mass is 966 g/mol. The van der Waals surface area contributed by atoms with Gasteiger partial charge in [-0.15, -0.1) is 0 Å². The molecule has 2 aliphatic heterocycles. The maximum atomic E-state index is 11.5. The Bertz CT molecular complexity index is 2470. The van der Waals surface area contributed by atoms with Crippen molar-refractivity contribution in [3.8, 4) is 23.0 Å². The molecule has 0 atom stereocenters. The van der Waals surface area contributed by atoms with Crippen LogP contribution in [0.1, 0.15) is 47.4 Å². The number of carbonyl (C=O) groups excluding carboxylic acids is 2. The number of carboxylic acid groups (broad SMARTS) is 2. The second-order valence-corrected chi connectivity index (χ2v) is 17.5. The standard InChI is InChI=1S/2C23H27N3O3S.C4H4O4/c2*1-17(27)18-8-9-20(21(16-18)28-2)29-15-5-10-25-11-13-26(14-12-25)23-19-6-3-4-7-22(19)30-24-23;5-3(6)1-2-4(7)8/h2*3-4,6-9,16H,5,10-15H2,1-2H3;1-2H,(H,5,6)(H,7,8)/b;;2-1+. The minimum atomic E-state index is -1.26. The Morgan fingerprint density at radius 3 is 1.29 bits per heavy atom. The molecule has 2 aromatic heterocycles. The number of benzene rings is 4. The second-order valence-electron chi connectivity index (χ2n) is 15.9. The first-order chi connectivity index (χ1) is 32.9. The Balaban J connectivity index is 0.000000193. The van der Waals surface area contributed by atoms with E-state index in [-0.39, 0.29) is 11.6 Å². The number of carboxylic acids is 2. The van der Waals surface area contributed by atoms with E-state index in [1.807, 2.05) is 12.1 Å². The lowest BCUT2D eigenvalue weighted by Crippen LogP contribution is -2.47. The summed E-state index contributed by atoms with van der Waals surface area (Å²) in [6.45, 7) is 14.4. The van der Waals surface area contributed by atoms with E-state index in [0.29, 0.717) is 59.5 Å². The first-order valence-electron chi connectivity index (χ1n) is 22.3. The molecule has 360 valence electrons. The summed E-state index contributed by atoms with van der Waals surface area (Å²) in [6, 6.07) is 27.5. The molecule has 0 bridgehead atoms. The topological polar surface area (TPSA) is 184 Å². The Kier molecular flexibility index (Phi) is 19.1. The minimum absolute atomic E-state index is 0.0182. The number of piperazine rings is 2. The summed E-state index contributed by atoms with van der Waals surface area (Å²) in [5, 5.41) is 18.1. The number of hydrogen-bond donors (Lipinski definition) is 2. The Hall–Kier alpha value is -6.60. The summed E-state index contributed by atoms with van der Waals surface area (Å²) in [7, 11) is 3.19. The van der Waals surface area contributed by atoms with Crippen molar-refractivity contribution in [1.29, 1.82) is 0 Å². The predicted octanol–water partition coefficient (Wildman–Crippen LogP) is 7.91. The van der Waals surface area contributed by atoms with Crippen LogP contribution in [-0.4, -0.2) is 145 Å². The lowest BCUT2D eigenvalue weighted by Gasteiger charge is -2.35. The third kappa shape index (κ3) is 14.5. The largest absolute Gasteiger partial charge is 0.493 e. The van der Waals surface area contributed by atoms with Gasteiger partial charge in [-0.3, -0.25) is 19.4 Å². The summed E-state index contributed by atoms with van der Waals surface area (Å²) in [5.74, 6) is 2.34. The average Bonchev–Trinajstić information content (AvgIpc) is 3.99. The third-order valence-corrected chi connectivity index (χ3v) is 13.0. The molecule has 16 nitrogen and oxygen atoms in total. The van der Waals surface area contributed by atoms with Gasteiger partial charge in [-0.2, -0.15) is 8.75 Å². The third-order valence-electron chi connectivity index (χ3n) is 11.3. The predicted molar refractivity (Wildman–Crippen MR) is 267 cm³/mol. The van der Waals surface area contributed by atoms with Crippen molar-refractivity contribution in [3.05, 3.63) is 108 Å². The number of ether oxygens (including phenoxy) is 4. The van der Waals surface area contributed by atoms with Gasteiger partial charge in [0.1, 0.15) is 11.6 Å². The lowest BCUT2D eigenvalue weighted by molar-refractivity contribution is -0.134. The maximum absolute atomic E-state index is 11.5. The number of carbonyl (C=O) groups is 4. The SMILES string of the molecule is COc1cc(C(C)=O)ccc1OCCCN1CCN(c2nsc3ccccc23)CC1.COc1cc(C(C)=O)ccc1OCCCN1CCN(c2nsc3ccccc23)CC1.O=C(O)/C=C/C(=O)O. The summed E-state index contributed by atoms with van der Waals surface area (Å²) in [4.78, 5) is 51.9. The van der Waals surface area contributed by atoms with Crippen LogP contribution in [0.15, 0.2) is 97.1 Å². The van der Waals surface area contributed by atoms with Crippen molar-refractivity contribution in [1.82, 2.24) is 18.5 Å². The van der Waals surface area contributed by atoms with E-state index in [2.05, 4.69) is 76.9 Å². The van der Waals surface area contributed by atoms with Crippen molar-refractivity contribution in [3.63, 3.8) is 0 Å². The Morgan fingerprint density at radius 2 is 0.941 bits per heavy atom. The molecular formula is C50H58N6O10S2. The van der Waals surface area contributed by atoms with Crippen LogP contribution in [0.3, 0.4) is 0 Å². The highest BCUT2D eigenvalue weighted by atomic mass is 32.1. The van der Waals surface area contributed by atoms with Crippen molar-refractivity contribution < 1.29 is 48.3 Å². The number of rotatable bonds is 18. The number of aromatic nitrogens is 2. The fraction of sp³-hybridized carbons (Fsp3) is 0.360. The van der Waals surface area contributed by atoms with E-state index >= 15 is 0 Å². The highest BCUT2D eigenvalue weighted by Crippen LogP contribution is 2.32. The smallest absolute Gasteiger partial charge is 0.328 e. The van der Waals surface area contributed by atoms with Crippen LogP contribution in [0, 0.1) is 0 Å². The van der Waals surface area contributed by atoms with Gasteiger partial charge in [0.25, 0.3) is 0 Å². The van der Waals surface area contributed by atoms with Gasteiger partial charge in [0.2, 0.25) is 0 Å². The van der Waals surface area contributed by atoms with Crippen molar-refractivity contribution >= 4 is 78.4 Å². The normalized spacial score (nSPS) is 14.2. The molecule has 0 radical (unpaired) electrons. The van der Waals surface area contributed by atoms with Crippen molar-refractivity contribution in [2.75, 3.05) is 103 Å². The van der Waals surface area contributed by atoms with E-state index in [4.69, 9.17) is 29.2 Å². The van der Waals surface area contributed by atoms with Gasteiger partial charge in [0.15, 0.2) is 34.6 Å². The molecule has 4 heterocycles. The van der Waals surface area contributed by atoms with Crippen LogP contribution in [0.25, 0.3) is 20.2 Å². The van der Waals surface area contributed by atoms with Crippen LogP contribution in [0.2, 0.25) is 0 Å². The van der Waals surface area contributed by atoms with Gasteiger partial charge >= 0.3 is 11.9 Å². The quantitative estimate of drug-likeness (QED) is 0.0481. The summed E-state index contributed by atoms with van der Waals surface area (Å²) < 4.78 is 34.4. The number of nitrogens with zero attached hydrogens (tertiary/aromatic N) is 6. The van der Waals surface area contributed by atoms with Gasteiger partial charge in [-0.05, 0) is 110 Å². The number of Topliss-reactive ketones (excluding diaryl/α,β-unsaturated/α-hetero) is 2. The van der Waals surface area contributed by atoms with Crippen LogP contribution in [0.5, 0.6) is 23.0 Å². The molecule has 0 aliphatic carbocycles. The van der Waals surface area contributed by atoms with E-state index in [1.165, 1.54) is 20.2 Å².